The first kappa shape index (κ1) is 10.6. The highest BCUT2D eigenvalue weighted by atomic mass is 16.5. The zero-order valence-corrected chi connectivity index (χ0v) is 8.67. The molecule has 1 rings (SSSR count). The number of hydrogen-bond donors (Lipinski definition) is 0. The fraction of sp³-hybridized carbons (Fsp3) is 0.818. The van der Waals surface area contributed by atoms with E-state index in [0.29, 0.717) is 0 Å². The molecule has 1 fully saturated rings. The van der Waals surface area contributed by atoms with Gasteiger partial charge in [-0.05, 0) is 32.7 Å². The predicted octanol–water partition coefficient (Wildman–Crippen LogP) is 2.41. The van der Waals surface area contributed by atoms with Gasteiger partial charge < -0.3 is 9.64 Å². The number of rotatable bonds is 5. The Hall–Kier alpha value is -0.500. The van der Waals surface area contributed by atoms with E-state index in [2.05, 4.69) is 18.4 Å². The van der Waals surface area contributed by atoms with Crippen molar-refractivity contribution >= 4 is 0 Å². The van der Waals surface area contributed by atoms with Crippen LogP contribution < -0.4 is 0 Å². The minimum absolute atomic E-state index is 0.775. The van der Waals surface area contributed by atoms with Gasteiger partial charge in [-0.3, -0.25) is 0 Å². The lowest BCUT2D eigenvalue weighted by molar-refractivity contribution is 0.141. The average molecular weight is 183 g/mol. The molecule has 2 heteroatoms. The minimum Gasteiger partial charge on any atom is -0.502 e. The highest BCUT2D eigenvalue weighted by Crippen LogP contribution is 2.16. The van der Waals surface area contributed by atoms with E-state index in [4.69, 9.17) is 4.74 Å². The second-order valence-corrected chi connectivity index (χ2v) is 3.77. The van der Waals surface area contributed by atoms with E-state index < -0.39 is 0 Å². The fourth-order valence-corrected chi connectivity index (χ4v) is 1.92. The van der Waals surface area contributed by atoms with Gasteiger partial charge in [-0.1, -0.05) is 13.0 Å². The van der Waals surface area contributed by atoms with Gasteiger partial charge in [-0.25, -0.2) is 0 Å². The smallest absolute Gasteiger partial charge is 0.0885 e. The number of ether oxygens (including phenoxy) is 1. The van der Waals surface area contributed by atoms with Gasteiger partial charge >= 0.3 is 0 Å². The Kier molecular flexibility index (Phi) is 4.91. The summed E-state index contributed by atoms with van der Waals surface area (Å²) in [5, 5.41) is 0. The monoisotopic (exact) mass is 183 g/mol. The molecule has 1 saturated heterocycles. The van der Waals surface area contributed by atoms with Crippen molar-refractivity contribution in [3.63, 3.8) is 0 Å². The van der Waals surface area contributed by atoms with E-state index in [1.165, 1.54) is 38.6 Å². The molecule has 0 amide bonds. The number of hydrogen-bond acceptors (Lipinski definition) is 2. The molecule has 0 radical (unpaired) electrons. The summed E-state index contributed by atoms with van der Waals surface area (Å²) < 4.78 is 5.10. The molecular weight excluding hydrogens is 162 g/mol. The van der Waals surface area contributed by atoms with Crippen molar-refractivity contribution in [3.05, 3.63) is 12.8 Å². The lowest BCUT2D eigenvalue weighted by Crippen LogP contribution is -2.38. The van der Waals surface area contributed by atoms with Gasteiger partial charge in [0.1, 0.15) is 0 Å². The van der Waals surface area contributed by atoms with Crippen molar-refractivity contribution in [2.75, 3.05) is 19.7 Å². The Morgan fingerprint density at radius 2 is 2.38 bits per heavy atom. The molecule has 0 bridgehead atoms. The van der Waals surface area contributed by atoms with Gasteiger partial charge in [0.25, 0.3) is 0 Å². The third-order valence-corrected chi connectivity index (χ3v) is 2.77. The summed E-state index contributed by atoms with van der Waals surface area (Å²) in [6, 6.07) is 0.775. The molecule has 0 aliphatic carbocycles. The Labute approximate surface area is 81.6 Å². The van der Waals surface area contributed by atoms with Crippen LogP contribution in [0.2, 0.25) is 0 Å². The maximum Gasteiger partial charge on any atom is 0.0885 e. The largest absolute Gasteiger partial charge is 0.502 e. The standard InChI is InChI=1S/C11H21NO/c1-3-13-10-6-9-12-8-5-4-7-11(12)2/h3,11H,1,4-10H2,2H3. The van der Waals surface area contributed by atoms with Crippen molar-refractivity contribution in [3.8, 4) is 0 Å². The van der Waals surface area contributed by atoms with Crippen LogP contribution in [0, 0.1) is 0 Å². The van der Waals surface area contributed by atoms with Crippen LogP contribution in [0.1, 0.15) is 32.6 Å². The Morgan fingerprint density at radius 3 is 3.08 bits per heavy atom. The van der Waals surface area contributed by atoms with E-state index in [0.717, 1.165) is 19.1 Å². The van der Waals surface area contributed by atoms with Crippen molar-refractivity contribution in [2.24, 2.45) is 0 Å². The number of nitrogens with zero attached hydrogens (tertiary/aromatic N) is 1. The zero-order chi connectivity index (χ0) is 9.52. The summed E-state index contributed by atoms with van der Waals surface area (Å²) in [5.41, 5.74) is 0. The van der Waals surface area contributed by atoms with Crippen LogP contribution >= 0.6 is 0 Å². The van der Waals surface area contributed by atoms with Crippen LogP contribution in [0.3, 0.4) is 0 Å². The molecule has 0 aromatic carbocycles. The van der Waals surface area contributed by atoms with Gasteiger partial charge in [-0.2, -0.15) is 0 Å². The van der Waals surface area contributed by atoms with Crippen LogP contribution in [0.15, 0.2) is 12.8 Å². The summed E-state index contributed by atoms with van der Waals surface area (Å²) in [6.07, 6.45) is 6.78. The molecule has 2 nitrogen and oxygen atoms in total. The first-order valence-corrected chi connectivity index (χ1v) is 5.31. The molecule has 1 aliphatic rings. The second-order valence-electron chi connectivity index (χ2n) is 3.77. The molecule has 0 saturated carbocycles. The van der Waals surface area contributed by atoms with Crippen LogP contribution in [-0.4, -0.2) is 30.6 Å². The van der Waals surface area contributed by atoms with Crippen molar-refractivity contribution in [1.29, 1.82) is 0 Å². The predicted molar refractivity (Wildman–Crippen MR) is 55.7 cm³/mol. The maximum atomic E-state index is 5.10. The van der Waals surface area contributed by atoms with Crippen LogP contribution in [0.4, 0.5) is 0 Å². The highest BCUT2D eigenvalue weighted by Gasteiger charge is 2.16. The molecule has 0 N–H and O–H groups in total. The molecule has 13 heavy (non-hydrogen) atoms. The van der Waals surface area contributed by atoms with Gasteiger partial charge in [0.15, 0.2) is 0 Å². The Bertz CT molecular complexity index is 147. The molecule has 76 valence electrons. The summed E-state index contributed by atoms with van der Waals surface area (Å²) in [5.74, 6) is 0. The van der Waals surface area contributed by atoms with E-state index in [-0.39, 0.29) is 0 Å². The van der Waals surface area contributed by atoms with E-state index >= 15 is 0 Å². The van der Waals surface area contributed by atoms with Crippen molar-refractivity contribution < 1.29 is 4.74 Å². The molecule has 1 heterocycles. The van der Waals surface area contributed by atoms with Crippen LogP contribution in [0.25, 0.3) is 0 Å². The Morgan fingerprint density at radius 1 is 1.54 bits per heavy atom. The first-order chi connectivity index (χ1) is 6.34. The highest BCUT2D eigenvalue weighted by molar-refractivity contribution is 4.72. The molecular formula is C11H21NO. The zero-order valence-electron chi connectivity index (χ0n) is 8.67. The molecule has 0 spiro atoms. The lowest BCUT2D eigenvalue weighted by Gasteiger charge is -2.33. The van der Waals surface area contributed by atoms with E-state index in [9.17, 15) is 0 Å². The molecule has 1 aliphatic heterocycles. The fourth-order valence-electron chi connectivity index (χ4n) is 1.92. The Balaban J connectivity index is 2.08. The van der Waals surface area contributed by atoms with E-state index in [1.807, 2.05) is 0 Å². The van der Waals surface area contributed by atoms with Crippen molar-refractivity contribution in [1.82, 2.24) is 4.90 Å². The van der Waals surface area contributed by atoms with Gasteiger partial charge in [-0.15, -0.1) is 0 Å². The topological polar surface area (TPSA) is 12.5 Å². The number of likely N-dealkylation sites (tertiary alicyclic amines) is 1. The summed E-state index contributed by atoms with van der Waals surface area (Å²) in [6.45, 7) is 9.11. The first-order valence-electron chi connectivity index (χ1n) is 5.31. The number of piperidine rings is 1. The summed E-state index contributed by atoms with van der Waals surface area (Å²) in [7, 11) is 0. The SMILES string of the molecule is C=COCCCN1CCCCC1C. The summed E-state index contributed by atoms with van der Waals surface area (Å²) >= 11 is 0. The molecule has 0 aromatic heterocycles. The van der Waals surface area contributed by atoms with Crippen LogP contribution in [-0.2, 0) is 4.74 Å². The second kappa shape index (κ2) is 6.03. The third-order valence-electron chi connectivity index (χ3n) is 2.77. The quantitative estimate of drug-likeness (QED) is 0.479. The lowest BCUT2D eigenvalue weighted by atomic mass is 10.0. The van der Waals surface area contributed by atoms with Crippen LogP contribution in [0.5, 0.6) is 0 Å². The molecule has 1 unspecified atom stereocenters. The normalized spacial score (nSPS) is 24.2. The maximum absolute atomic E-state index is 5.10. The van der Waals surface area contributed by atoms with Gasteiger partial charge in [0, 0.05) is 12.6 Å². The summed E-state index contributed by atoms with van der Waals surface area (Å²) in [4.78, 5) is 2.57. The minimum atomic E-state index is 0.775. The van der Waals surface area contributed by atoms with Gasteiger partial charge in [0.2, 0.25) is 0 Å². The van der Waals surface area contributed by atoms with Crippen molar-refractivity contribution in [2.45, 2.75) is 38.6 Å². The third kappa shape index (κ3) is 3.81. The van der Waals surface area contributed by atoms with E-state index in [1.54, 1.807) is 0 Å². The van der Waals surface area contributed by atoms with Gasteiger partial charge in [0.05, 0.1) is 12.9 Å². The average Bonchev–Trinajstić information content (AvgIpc) is 2.15. The molecule has 0 aromatic rings. The molecule has 1 atom stereocenters.